The molecule has 0 saturated carbocycles. The number of carbonyl (C=O) groups is 1. The summed E-state index contributed by atoms with van der Waals surface area (Å²) in [6.07, 6.45) is 3.43. The summed E-state index contributed by atoms with van der Waals surface area (Å²) in [6.45, 7) is 3.43. The number of amides is 2. The molecule has 6 nitrogen and oxygen atoms in total. The number of urea groups is 1. The highest BCUT2D eigenvalue weighted by molar-refractivity contribution is 7.44. The van der Waals surface area contributed by atoms with Gasteiger partial charge in [-0.3, -0.25) is 0 Å². The predicted molar refractivity (Wildman–Crippen MR) is 53.3 cm³/mol. The van der Waals surface area contributed by atoms with Crippen molar-refractivity contribution < 1.29 is 8.96 Å². The molecule has 1 heterocycles. The lowest BCUT2D eigenvalue weighted by molar-refractivity contribution is -0.676. The molecule has 0 unspecified atom stereocenters. The van der Waals surface area contributed by atoms with Gasteiger partial charge in [-0.05, 0) is 11.4 Å². The minimum Gasteiger partial charge on any atom is -0.347 e. The van der Waals surface area contributed by atoms with Crippen LogP contribution in [0.4, 0.5) is 4.79 Å². The van der Waals surface area contributed by atoms with Crippen molar-refractivity contribution in [1.29, 1.82) is 0 Å². The second-order valence-corrected chi connectivity index (χ2v) is 3.57. The van der Waals surface area contributed by atoms with Crippen LogP contribution in [-0.4, -0.2) is 33.4 Å². The number of hydrogen-bond acceptors (Lipinski definition) is 3. The second-order valence-electron chi connectivity index (χ2n) is 3.22. The number of carbonyl (C=O) groups excluding carboxylic acids is 1. The summed E-state index contributed by atoms with van der Waals surface area (Å²) in [6, 6.07) is -0.537. The molecule has 1 aliphatic heterocycles. The van der Waals surface area contributed by atoms with E-state index < -0.39 is 6.03 Å². The lowest BCUT2D eigenvalue weighted by Gasteiger charge is -2.07. The SMILES string of the molecule is CCCCCN1CN(C(N)=O)[N+](=S)N1. The number of hydrogen-bond donors (Lipinski definition) is 2. The number of unbranched alkanes of at least 4 members (excludes halogenated alkanes) is 2. The van der Waals surface area contributed by atoms with Crippen molar-refractivity contribution in [2.24, 2.45) is 5.73 Å². The zero-order valence-corrected chi connectivity index (χ0v) is 9.09. The Bertz CT molecular complexity index is 234. The maximum atomic E-state index is 10.9. The third-order valence-electron chi connectivity index (χ3n) is 2.04. The van der Waals surface area contributed by atoms with Crippen LogP contribution in [0.15, 0.2) is 0 Å². The van der Waals surface area contributed by atoms with Gasteiger partial charge in [0.2, 0.25) is 0 Å². The smallest absolute Gasteiger partial charge is 0.347 e. The van der Waals surface area contributed by atoms with Crippen molar-refractivity contribution in [3.8, 4) is 0 Å². The van der Waals surface area contributed by atoms with E-state index in [2.05, 4.69) is 12.5 Å². The van der Waals surface area contributed by atoms with Crippen molar-refractivity contribution >= 4 is 18.5 Å². The lowest BCUT2D eigenvalue weighted by atomic mass is 10.2. The third kappa shape index (κ3) is 2.78. The van der Waals surface area contributed by atoms with Gasteiger partial charge in [-0.15, -0.1) is 5.01 Å². The largest absolute Gasteiger partial charge is 0.372 e. The first kappa shape index (κ1) is 11.1. The number of hydrazine groups is 3. The normalized spacial score (nSPS) is 17.2. The Morgan fingerprint density at radius 2 is 2.36 bits per heavy atom. The quantitative estimate of drug-likeness (QED) is 0.511. The molecule has 0 bridgehead atoms. The average Bonchev–Trinajstić information content (AvgIpc) is 2.47. The van der Waals surface area contributed by atoms with Crippen LogP contribution < -0.4 is 11.3 Å². The molecule has 1 saturated heterocycles. The summed E-state index contributed by atoms with van der Waals surface area (Å²) in [5.41, 5.74) is 7.97. The van der Waals surface area contributed by atoms with Gasteiger partial charge in [-0.2, -0.15) is 0 Å². The second kappa shape index (κ2) is 5.06. The maximum Gasteiger partial charge on any atom is 0.372 e. The topological polar surface area (TPSA) is 64.6 Å². The first-order valence-corrected chi connectivity index (χ1v) is 5.07. The molecule has 0 aromatic rings. The number of primary amides is 1. The summed E-state index contributed by atoms with van der Waals surface area (Å²) in [4.78, 5) is 10.9. The molecule has 0 aromatic heterocycles. The van der Waals surface area contributed by atoms with E-state index in [9.17, 15) is 4.79 Å². The van der Waals surface area contributed by atoms with Crippen molar-refractivity contribution in [2.45, 2.75) is 26.2 Å². The summed E-state index contributed by atoms with van der Waals surface area (Å²) >= 11 is 4.86. The summed E-state index contributed by atoms with van der Waals surface area (Å²) < 4.78 is 1.19. The minimum atomic E-state index is -0.537. The lowest BCUT2D eigenvalue weighted by Crippen LogP contribution is -2.39. The molecule has 1 rings (SSSR count). The van der Waals surface area contributed by atoms with Crippen LogP contribution in [0.2, 0.25) is 0 Å². The zero-order chi connectivity index (χ0) is 10.6. The van der Waals surface area contributed by atoms with Gasteiger partial charge in [0, 0.05) is 6.54 Å². The Kier molecular flexibility index (Phi) is 4.02. The van der Waals surface area contributed by atoms with Crippen LogP contribution in [0.5, 0.6) is 0 Å². The van der Waals surface area contributed by atoms with Crippen LogP contribution in [0.25, 0.3) is 0 Å². The third-order valence-corrected chi connectivity index (χ3v) is 2.32. The van der Waals surface area contributed by atoms with Crippen molar-refractivity contribution in [3.63, 3.8) is 0 Å². The molecule has 0 radical (unpaired) electrons. The number of nitrogens with two attached hydrogens (primary N) is 1. The molecule has 1 fully saturated rings. The monoisotopic (exact) mass is 218 g/mol. The van der Waals surface area contributed by atoms with E-state index in [1.54, 1.807) is 0 Å². The molecule has 1 aliphatic rings. The van der Waals surface area contributed by atoms with Crippen molar-refractivity contribution in [1.82, 2.24) is 15.6 Å². The van der Waals surface area contributed by atoms with Crippen LogP contribution in [0, 0.1) is 0 Å². The predicted octanol–water partition coefficient (Wildman–Crippen LogP) is -0.0920. The van der Waals surface area contributed by atoms with Gasteiger partial charge >= 0.3 is 18.5 Å². The van der Waals surface area contributed by atoms with Gasteiger partial charge < -0.3 is 5.73 Å². The fraction of sp³-hybridized carbons (Fsp3) is 0.857. The standard InChI is InChI=1S/C7H15N5OS/c1-2-3-4-5-10-6-11(7(8)13)12(14)9-10/h2-6H2,1H3,(H2-,8,9,13,14)/p+1. The summed E-state index contributed by atoms with van der Waals surface area (Å²) in [5.74, 6) is 0. The average molecular weight is 218 g/mol. The van der Waals surface area contributed by atoms with Gasteiger partial charge in [0.1, 0.15) is 4.16 Å². The van der Waals surface area contributed by atoms with E-state index >= 15 is 0 Å². The van der Waals surface area contributed by atoms with E-state index in [0.717, 1.165) is 13.0 Å². The van der Waals surface area contributed by atoms with Crippen LogP contribution in [0.3, 0.4) is 0 Å². The number of rotatable bonds is 4. The Labute approximate surface area is 88.7 Å². The highest BCUT2D eigenvalue weighted by Crippen LogP contribution is 2.03. The highest BCUT2D eigenvalue weighted by atomic mass is 32.1. The minimum absolute atomic E-state index is 0.419. The van der Waals surface area contributed by atoms with E-state index in [4.69, 9.17) is 18.2 Å². The van der Waals surface area contributed by atoms with Crippen LogP contribution in [0.1, 0.15) is 26.2 Å². The van der Waals surface area contributed by atoms with Gasteiger partial charge in [0.05, 0.1) is 0 Å². The van der Waals surface area contributed by atoms with E-state index in [-0.39, 0.29) is 0 Å². The molecule has 0 atom stereocenters. The van der Waals surface area contributed by atoms with Crippen molar-refractivity contribution in [2.75, 3.05) is 13.2 Å². The van der Waals surface area contributed by atoms with Crippen LogP contribution >= 0.6 is 0 Å². The molecular weight excluding hydrogens is 202 g/mol. The number of nitrogens with zero attached hydrogens (tertiary/aromatic N) is 3. The van der Waals surface area contributed by atoms with E-state index in [1.165, 1.54) is 22.0 Å². The Balaban J connectivity index is 2.31. The Morgan fingerprint density at radius 1 is 1.64 bits per heavy atom. The fourth-order valence-electron chi connectivity index (χ4n) is 1.26. The van der Waals surface area contributed by atoms with Gasteiger partial charge in [0.25, 0.3) is 0 Å². The molecule has 0 aliphatic carbocycles. The molecule has 0 aromatic carbocycles. The molecule has 2 amide bonds. The van der Waals surface area contributed by atoms with E-state index in [1.807, 2.05) is 5.01 Å². The molecule has 14 heavy (non-hydrogen) atoms. The zero-order valence-electron chi connectivity index (χ0n) is 8.27. The van der Waals surface area contributed by atoms with Gasteiger partial charge in [0.15, 0.2) is 6.67 Å². The van der Waals surface area contributed by atoms with Gasteiger partial charge in [-0.25, -0.2) is 4.79 Å². The summed E-state index contributed by atoms with van der Waals surface area (Å²) in [5, 5.41) is 3.13. The Morgan fingerprint density at radius 3 is 2.86 bits per heavy atom. The molecule has 3 N–H and O–H groups in total. The molecule has 0 spiro atoms. The number of nitrogens with one attached hydrogen (secondary N) is 1. The first-order valence-electron chi connectivity index (χ1n) is 4.70. The molecule has 7 heteroatoms. The van der Waals surface area contributed by atoms with Crippen LogP contribution in [-0.2, 0) is 12.4 Å². The molecular formula is C7H16N5OS+. The highest BCUT2D eigenvalue weighted by Gasteiger charge is 2.34. The van der Waals surface area contributed by atoms with E-state index in [0.29, 0.717) is 6.67 Å². The maximum absolute atomic E-state index is 10.9. The first-order chi connectivity index (χ1) is 6.65. The van der Waals surface area contributed by atoms with Crippen molar-refractivity contribution in [3.05, 3.63) is 0 Å². The Hall–Kier alpha value is -0.950. The molecule has 80 valence electrons. The summed E-state index contributed by atoms with van der Waals surface area (Å²) in [7, 11) is 0. The van der Waals surface area contributed by atoms with Gasteiger partial charge in [-0.1, -0.05) is 25.3 Å². The fourth-order valence-corrected chi connectivity index (χ4v) is 1.51.